The Balaban J connectivity index is 0.000000219. The maximum absolute atomic E-state index is 11.2. The zero-order valence-corrected chi connectivity index (χ0v) is 12.6. The number of nitrogens with zero attached hydrogens (tertiary/aromatic N) is 2. The van der Waals surface area contributed by atoms with E-state index in [4.69, 9.17) is 5.73 Å². The van der Waals surface area contributed by atoms with Crippen LogP contribution in [0, 0.1) is 5.41 Å². The first-order valence-corrected chi connectivity index (χ1v) is 6.74. The molecule has 6 heteroatoms. The summed E-state index contributed by atoms with van der Waals surface area (Å²) in [5.74, 6) is -0.479. The molecule has 2 rings (SSSR count). The van der Waals surface area contributed by atoms with Gasteiger partial charge in [-0.05, 0) is 17.5 Å². The second-order valence-electron chi connectivity index (χ2n) is 6.04. The van der Waals surface area contributed by atoms with Crippen molar-refractivity contribution >= 4 is 17.7 Å². The van der Waals surface area contributed by atoms with Gasteiger partial charge in [-0.1, -0.05) is 20.8 Å². The molecule has 1 aromatic rings. The molecule has 1 fully saturated rings. The highest BCUT2D eigenvalue weighted by Gasteiger charge is 2.31. The number of hydrogen-bond donors (Lipinski definition) is 1. The van der Waals surface area contributed by atoms with E-state index in [-0.39, 0.29) is 17.2 Å². The van der Waals surface area contributed by atoms with Crippen molar-refractivity contribution in [3.63, 3.8) is 0 Å². The minimum absolute atomic E-state index is 0.00958. The second-order valence-corrected chi connectivity index (χ2v) is 6.04. The molecule has 2 N–H and O–H groups in total. The Morgan fingerprint density at radius 2 is 1.86 bits per heavy atom. The molecule has 1 aromatic heterocycles. The molecule has 0 aromatic carbocycles. The summed E-state index contributed by atoms with van der Waals surface area (Å²) in [6.45, 7) is 6.61. The molecular weight excluding hydrogens is 270 g/mol. The average Bonchev–Trinajstić information content (AvgIpc) is 2.71. The summed E-state index contributed by atoms with van der Waals surface area (Å²) in [4.78, 5) is 37.8. The summed E-state index contributed by atoms with van der Waals surface area (Å²) in [7, 11) is 0. The fourth-order valence-electron chi connectivity index (χ4n) is 1.78. The molecule has 0 bridgehead atoms. The SMILES string of the molecule is CC(C)(C)CN1C(=O)CCC1=O.NC(=O)c1cccnc1. The van der Waals surface area contributed by atoms with Gasteiger partial charge in [-0.25, -0.2) is 0 Å². The molecular formula is C15H21N3O3. The Morgan fingerprint density at radius 3 is 2.19 bits per heavy atom. The molecule has 0 unspecified atom stereocenters. The van der Waals surface area contributed by atoms with Gasteiger partial charge in [0.25, 0.3) is 0 Å². The number of pyridine rings is 1. The molecule has 0 spiro atoms. The third kappa shape index (κ3) is 5.72. The maximum Gasteiger partial charge on any atom is 0.250 e. The van der Waals surface area contributed by atoms with Crippen LogP contribution in [0.25, 0.3) is 0 Å². The molecule has 1 saturated heterocycles. The summed E-state index contributed by atoms with van der Waals surface area (Å²) in [6.07, 6.45) is 3.82. The molecule has 21 heavy (non-hydrogen) atoms. The number of rotatable bonds is 2. The largest absolute Gasteiger partial charge is 0.366 e. The molecule has 0 saturated carbocycles. The van der Waals surface area contributed by atoms with E-state index < -0.39 is 5.91 Å². The van der Waals surface area contributed by atoms with Crippen LogP contribution < -0.4 is 5.73 Å². The highest BCUT2D eigenvalue weighted by molar-refractivity contribution is 6.01. The maximum atomic E-state index is 11.2. The highest BCUT2D eigenvalue weighted by Crippen LogP contribution is 2.20. The topological polar surface area (TPSA) is 93.4 Å². The Bertz CT molecular complexity index is 505. The number of imide groups is 1. The lowest BCUT2D eigenvalue weighted by Crippen LogP contribution is -2.36. The zero-order valence-electron chi connectivity index (χ0n) is 12.6. The Morgan fingerprint density at radius 1 is 1.29 bits per heavy atom. The van der Waals surface area contributed by atoms with Crippen LogP contribution in [0.15, 0.2) is 24.5 Å². The molecule has 0 atom stereocenters. The van der Waals surface area contributed by atoms with E-state index in [1.54, 1.807) is 18.3 Å². The first-order chi connectivity index (χ1) is 9.70. The molecule has 3 amide bonds. The summed E-state index contributed by atoms with van der Waals surface area (Å²) in [5.41, 5.74) is 5.39. The van der Waals surface area contributed by atoms with Crippen molar-refractivity contribution in [1.82, 2.24) is 9.88 Å². The lowest BCUT2D eigenvalue weighted by atomic mass is 9.96. The number of carbonyl (C=O) groups is 3. The van der Waals surface area contributed by atoms with E-state index in [1.165, 1.54) is 11.1 Å². The third-order valence-corrected chi connectivity index (χ3v) is 2.73. The van der Waals surface area contributed by atoms with Crippen LogP contribution in [-0.4, -0.2) is 34.2 Å². The van der Waals surface area contributed by atoms with Gasteiger partial charge in [-0.2, -0.15) is 0 Å². The van der Waals surface area contributed by atoms with Gasteiger partial charge < -0.3 is 5.73 Å². The van der Waals surface area contributed by atoms with Gasteiger partial charge in [0.2, 0.25) is 17.7 Å². The van der Waals surface area contributed by atoms with Gasteiger partial charge in [-0.15, -0.1) is 0 Å². The van der Waals surface area contributed by atoms with E-state index in [0.717, 1.165) is 0 Å². The van der Waals surface area contributed by atoms with E-state index in [2.05, 4.69) is 4.98 Å². The predicted octanol–water partition coefficient (Wildman–Crippen LogP) is 1.36. The monoisotopic (exact) mass is 291 g/mol. The quantitative estimate of drug-likeness (QED) is 0.832. The molecule has 2 heterocycles. The Kier molecular flexibility index (Phi) is 5.58. The molecule has 1 aliphatic heterocycles. The summed E-state index contributed by atoms with van der Waals surface area (Å²) in [5, 5.41) is 0. The van der Waals surface area contributed by atoms with Crippen molar-refractivity contribution in [2.45, 2.75) is 33.6 Å². The number of aromatic nitrogens is 1. The van der Waals surface area contributed by atoms with Crippen LogP contribution in [-0.2, 0) is 9.59 Å². The van der Waals surface area contributed by atoms with Gasteiger partial charge in [0.15, 0.2) is 0 Å². The van der Waals surface area contributed by atoms with Crippen LogP contribution in [0.4, 0.5) is 0 Å². The van der Waals surface area contributed by atoms with Crippen molar-refractivity contribution in [1.29, 1.82) is 0 Å². The first kappa shape index (κ1) is 16.8. The van der Waals surface area contributed by atoms with Crippen molar-refractivity contribution in [3.05, 3.63) is 30.1 Å². The van der Waals surface area contributed by atoms with Gasteiger partial charge in [0.1, 0.15) is 0 Å². The minimum atomic E-state index is -0.442. The molecule has 0 radical (unpaired) electrons. The van der Waals surface area contributed by atoms with Crippen molar-refractivity contribution in [3.8, 4) is 0 Å². The molecule has 0 aliphatic carbocycles. The van der Waals surface area contributed by atoms with E-state index in [9.17, 15) is 14.4 Å². The minimum Gasteiger partial charge on any atom is -0.366 e. The van der Waals surface area contributed by atoms with Crippen LogP contribution in [0.1, 0.15) is 44.0 Å². The first-order valence-electron chi connectivity index (χ1n) is 6.74. The lowest BCUT2D eigenvalue weighted by molar-refractivity contribution is -0.139. The normalized spacial score (nSPS) is 14.7. The van der Waals surface area contributed by atoms with Crippen LogP contribution in [0.2, 0.25) is 0 Å². The summed E-state index contributed by atoms with van der Waals surface area (Å²) >= 11 is 0. The number of primary amides is 1. The summed E-state index contributed by atoms with van der Waals surface area (Å²) in [6, 6.07) is 3.29. The third-order valence-electron chi connectivity index (χ3n) is 2.73. The van der Waals surface area contributed by atoms with Gasteiger partial charge in [0.05, 0.1) is 5.56 Å². The zero-order chi connectivity index (χ0) is 16.0. The van der Waals surface area contributed by atoms with Gasteiger partial charge in [0, 0.05) is 31.8 Å². The van der Waals surface area contributed by atoms with Crippen LogP contribution in [0.5, 0.6) is 0 Å². The lowest BCUT2D eigenvalue weighted by Gasteiger charge is -2.24. The number of amides is 3. The van der Waals surface area contributed by atoms with Gasteiger partial charge >= 0.3 is 0 Å². The fraction of sp³-hybridized carbons (Fsp3) is 0.467. The Labute approximate surface area is 124 Å². The highest BCUT2D eigenvalue weighted by atomic mass is 16.2. The smallest absolute Gasteiger partial charge is 0.250 e. The number of likely N-dealkylation sites (tertiary alicyclic amines) is 1. The molecule has 6 nitrogen and oxygen atoms in total. The van der Waals surface area contributed by atoms with Gasteiger partial charge in [-0.3, -0.25) is 24.3 Å². The fourth-order valence-corrected chi connectivity index (χ4v) is 1.78. The number of carbonyl (C=O) groups excluding carboxylic acids is 3. The van der Waals surface area contributed by atoms with E-state index >= 15 is 0 Å². The second kappa shape index (κ2) is 6.97. The molecule has 1 aliphatic rings. The number of hydrogen-bond acceptors (Lipinski definition) is 4. The average molecular weight is 291 g/mol. The van der Waals surface area contributed by atoms with Crippen molar-refractivity contribution in [2.75, 3.05) is 6.54 Å². The van der Waals surface area contributed by atoms with Crippen LogP contribution >= 0.6 is 0 Å². The van der Waals surface area contributed by atoms with Crippen molar-refractivity contribution in [2.24, 2.45) is 11.1 Å². The van der Waals surface area contributed by atoms with E-state index in [1.807, 2.05) is 20.8 Å². The standard InChI is InChI=1S/C9H15NO2.C6H6N2O/c1-9(2,3)6-10-7(11)4-5-8(10)12;7-6(9)5-2-1-3-8-4-5/h4-6H2,1-3H3;1-4H,(H2,7,9). The number of nitrogens with two attached hydrogens (primary N) is 1. The molecule has 114 valence electrons. The van der Waals surface area contributed by atoms with Crippen LogP contribution in [0.3, 0.4) is 0 Å². The summed E-state index contributed by atoms with van der Waals surface area (Å²) < 4.78 is 0. The van der Waals surface area contributed by atoms with Crippen molar-refractivity contribution < 1.29 is 14.4 Å². The Hall–Kier alpha value is -2.24. The van der Waals surface area contributed by atoms with E-state index in [0.29, 0.717) is 24.9 Å². The predicted molar refractivity (Wildman–Crippen MR) is 78.2 cm³/mol.